The topological polar surface area (TPSA) is 69.6 Å². The van der Waals surface area contributed by atoms with Crippen LogP contribution in [0.25, 0.3) is 16.7 Å². The largest absolute Gasteiger partial charge is 0.462 e. The zero-order chi connectivity index (χ0) is 28.9. The van der Waals surface area contributed by atoms with E-state index in [-0.39, 0.29) is 42.8 Å². The fourth-order valence-electron chi connectivity index (χ4n) is 5.84. The van der Waals surface area contributed by atoms with Gasteiger partial charge in [-0.05, 0) is 35.3 Å². The monoisotopic (exact) mass is 556 g/mol. The predicted octanol–water partition coefficient (Wildman–Crippen LogP) is 7.32. The first-order chi connectivity index (χ1) is 19.9. The number of hydrogen-bond donors (Lipinski definition) is 1. The molecule has 3 atom stereocenters. The van der Waals surface area contributed by atoms with Crippen LogP contribution in [0.15, 0.2) is 78.9 Å². The number of esters is 1. The van der Waals surface area contributed by atoms with E-state index in [2.05, 4.69) is 23.7 Å². The molecule has 0 bridgehead atoms. The van der Waals surface area contributed by atoms with Crippen molar-refractivity contribution in [1.29, 1.82) is 0 Å². The standard InChI is InChI=1S/C34H37FN2O4/c1-22(2)32-31(34(39)36-26-12-8-5-9-13-26)30(23-10-6-4-7-11-23)33(24-14-16-25(35)17-15-24)37(32)19-18-27-20-28(40-3)21-29(38)41-27/h4-16,22,25,27-28H,17-21H2,1-3H3,(H,36,39)/t25?,27-,28-/m1/s1. The summed E-state index contributed by atoms with van der Waals surface area (Å²) < 4.78 is 27.6. The molecule has 6 nitrogen and oxygen atoms in total. The maximum absolute atomic E-state index is 14.2. The average Bonchev–Trinajstić information content (AvgIpc) is 3.33. The van der Waals surface area contributed by atoms with E-state index >= 15 is 0 Å². The van der Waals surface area contributed by atoms with Gasteiger partial charge >= 0.3 is 5.97 Å². The van der Waals surface area contributed by atoms with Gasteiger partial charge in [0.05, 0.1) is 23.8 Å². The first kappa shape index (κ1) is 28.6. The van der Waals surface area contributed by atoms with Gasteiger partial charge in [0.2, 0.25) is 0 Å². The van der Waals surface area contributed by atoms with Gasteiger partial charge < -0.3 is 19.4 Å². The highest BCUT2D eigenvalue weighted by molar-refractivity contribution is 6.12. The second-order valence-electron chi connectivity index (χ2n) is 10.9. The average molecular weight is 557 g/mol. The van der Waals surface area contributed by atoms with E-state index in [9.17, 15) is 14.0 Å². The second kappa shape index (κ2) is 12.7. The van der Waals surface area contributed by atoms with E-state index in [1.807, 2.05) is 72.8 Å². The van der Waals surface area contributed by atoms with E-state index in [0.29, 0.717) is 30.6 Å². The number of amides is 1. The Morgan fingerprint density at radius 3 is 2.46 bits per heavy atom. The molecule has 3 aromatic rings. The number of cyclic esters (lactones) is 1. The summed E-state index contributed by atoms with van der Waals surface area (Å²) in [5.41, 5.74) is 5.64. The number of hydrogen-bond acceptors (Lipinski definition) is 4. The SMILES string of the molecule is CO[C@H]1CC(=O)O[C@H](CCn2c(C3=CCC(F)C=C3)c(-c3ccccc3)c(C(=O)Nc3ccccc3)c2C(C)C)C1. The molecule has 1 aliphatic heterocycles. The van der Waals surface area contributed by atoms with E-state index in [4.69, 9.17) is 9.47 Å². The Balaban J connectivity index is 1.67. The summed E-state index contributed by atoms with van der Waals surface area (Å²) in [5, 5.41) is 3.10. The summed E-state index contributed by atoms with van der Waals surface area (Å²) in [6.45, 7) is 4.67. The number of methoxy groups -OCH3 is 1. The minimum absolute atomic E-state index is 0.00883. The zero-order valence-corrected chi connectivity index (χ0v) is 23.8. The molecule has 2 aromatic carbocycles. The van der Waals surface area contributed by atoms with E-state index in [1.165, 1.54) is 0 Å². The number of carbonyl (C=O) groups is 2. The van der Waals surface area contributed by atoms with Crippen LogP contribution in [-0.4, -0.2) is 41.9 Å². The fourth-order valence-corrected chi connectivity index (χ4v) is 5.84. The molecule has 1 N–H and O–H groups in total. The van der Waals surface area contributed by atoms with Gasteiger partial charge in [0.25, 0.3) is 5.91 Å². The third-order valence-electron chi connectivity index (χ3n) is 7.72. The van der Waals surface area contributed by atoms with Crippen LogP contribution in [0.3, 0.4) is 0 Å². The third-order valence-corrected chi connectivity index (χ3v) is 7.72. The molecule has 0 spiro atoms. The molecule has 7 heteroatoms. The van der Waals surface area contributed by atoms with Crippen LogP contribution in [0, 0.1) is 0 Å². The number of rotatable bonds is 9. The Morgan fingerprint density at radius 1 is 1.12 bits per heavy atom. The summed E-state index contributed by atoms with van der Waals surface area (Å²) in [4.78, 5) is 26.4. The van der Waals surface area contributed by atoms with Crippen LogP contribution >= 0.6 is 0 Å². The Bertz CT molecular complexity index is 1440. The lowest BCUT2D eigenvalue weighted by atomic mass is 9.92. The first-order valence-electron chi connectivity index (χ1n) is 14.3. The molecule has 2 aliphatic rings. The molecular formula is C34H37FN2O4. The Morgan fingerprint density at radius 2 is 1.83 bits per heavy atom. The van der Waals surface area contributed by atoms with Crippen molar-refractivity contribution in [3.8, 4) is 11.1 Å². The number of alkyl halides is 1. The summed E-state index contributed by atoms with van der Waals surface area (Å²) >= 11 is 0. The van der Waals surface area contributed by atoms with E-state index < -0.39 is 6.17 Å². The van der Waals surface area contributed by atoms with Gasteiger partial charge in [0.1, 0.15) is 12.3 Å². The van der Waals surface area contributed by atoms with Crippen LogP contribution < -0.4 is 5.32 Å². The molecule has 0 saturated carbocycles. The lowest BCUT2D eigenvalue weighted by Crippen LogP contribution is -2.34. The number of aromatic nitrogens is 1. The number of para-hydroxylation sites is 1. The van der Waals surface area contributed by atoms with Crippen LogP contribution in [0.1, 0.15) is 67.2 Å². The zero-order valence-electron chi connectivity index (χ0n) is 23.8. The van der Waals surface area contributed by atoms with Gasteiger partial charge in [-0.25, -0.2) is 4.39 Å². The number of allylic oxidation sites excluding steroid dienone is 4. The Kier molecular flexibility index (Phi) is 8.84. The highest BCUT2D eigenvalue weighted by Gasteiger charge is 2.33. The minimum atomic E-state index is -1.04. The van der Waals surface area contributed by atoms with Gasteiger partial charge in [0, 0.05) is 49.9 Å². The van der Waals surface area contributed by atoms with Crippen molar-refractivity contribution >= 4 is 23.1 Å². The van der Waals surface area contributed by atoms with Crippen LogP contribution in [0.4, 0.5) is 10.1 Å². The predicted molar refractivity (Wildman–Crippen MR) is 160 cm³/mol. The number of halogens is 1. The van der Waals surface area contributed by atoms with Crippen molar-refractivity contribution < 1.29 is 23.5 Å². The molecule has 214 valence electrons. The highest BCUT2D eigenvalue weighted by atomic mass is 19.1. The number of nitrogens with zero attached hydrogens (tertiary/aromatic N) is 1. The van der Waals surface area contributed by atoms with Crippen LogP contribution in [0.5, 0.6) is 0 Å². The smallest absolute Gasteiger partial charge is 0.308 e. The maximum Gasteiger partial charge on any atom is 0.308 e. The number of benzene rings is 2. The van der Waals surface area contributed by atoms with Crippen molar-refractivity contribution in [2.24, 2.45) is 0 Å². The molecule has 1 fully saturated rings. The van der Waals surface area contributed by atoms with Gasteiger partial charge in [-0.2, -0.15) is 0 Å². The fraction of sp³-hybridized carbons (Fsp3) is 0.353. The van der Waals surface area contributed by atoms with E-state index in [1.54, 1.807) is 13.2 Å². The van der Waals surface area contributed by atoms with Crippen molar-refractivity contribution in [2.45, 2.75) is 70.4 Å². The van der Waals surface area contributed by atoms with Crippen molar-refractivity contribution in [1.82, 2.24) is 4.57 Å². The quantitative estimate of drug-likeness (QED) is 0.280. The van der Waals surface area contributed by atoms with Gasteiger partial charge in [-0.3, -0.25) is 9.59 Å². The lowest BCUT2D eigenvalue weighted by Gasteiger charge is -2.29. The molecule has 2 heterocycles. The van der Waals surface area contributed by atoms with E-state index in [0.717, 1.165) is 28.1 Å². The normalized spacial score (nSPS) is 20.6. The third kappa shape index (κ3) is 6.35. The molecule has 1 amide bonds. The van der Waals surface area contributed by atoms with Crippen molar-refractivity contribution in [3.63, 3.8) is 0 Å². The molecule has 1 aromatic heterocycles. The van der Waals surface area contributed by atoms with Gasteiger partial charge in [-0.15, -0.1) is 0 Å². The number of nitrogens with one attached hydrogen (secondary N) is 1. The molecule has 41 heavy (non-hydrogen) atoms. The lowest BCUT2D eigenvalue weighted by molar-refractivity contribution is -0.162. The molecule has 1 unspecified atom stereocenters. The number of carbonyl (C=O) groups excluding carboxylic acids is 2. The second-order valence-corrected chi connectivity index (χ2v) is 10.9. The number of anilines is 1. The Labute approximate surface area is 240 Å². The summed E-state index contributed by atoms with van der Waals surface area (Å²) in [6.07, 6.45) is 5.49. The first-order valence-corrected chi connectivity index (χ1v) is 14.3. The van der Waals surface area contributed by atoms with Gasteiger partial charge in [-0.1, -0.05) is 74.5 Å². The number of ether oxygens (including phenoxy) is 2. The van der Waals surface area contributed by atoms with Crippen molar-refractivity contribution in [2.75, 3.05) is 12.4 Å². The maximum atomic E-state index is 14.2. The van der Waals surface area contributed by atoms with Crippen LogP contribution in [-0.2, 0) is 20.8 Å². The summed E-state index contributed by atoms with van der Waals surface area (Å²) in [5.74, 6) is -0.471. The molecular weight excluding hydrogens is 519 g/mol. The highest BCUT2D eigenvalue weighted by Crippen LogP contribution is 2.42. The molecule has 0 radical (unpaired) electrons. The van der Waals surface area contributed by atoms with Crippen molar-refractivity contribution in [3.05, 3.63) is 95.8 Å². The minimum Gasteiger partial charge on any atom is -0.462 e. The summed E-state index contributed by atoms with van der Waals surface area (Å²) in [6, 6.07) is 19.3. The Hall–Kier alpha value is -3.97. The van der Waals surface area contributed by atoms with Gasteiger partial charge in [0.15, 0.2) is 0 Å². The summed E-state index contributed by atoms with van der Waals surface area (Å²) in [7, 11) is 1.62. The van der Waals surface area contributed by atoms with Crippen LogP contribution in [0.2, 0.25) is 0 Å². The molecule has 5 rings (SSSR count). The molecule has 1 aliphatic carbocycles. The molecule has 1 saturated heterocycles.